The smallest absolute Gasteiger partial charge is 0.127 e. The van der Waals surface area contributed by atoms with Crippen LogP contribution < -0.4 is 10.5 Å². The molecule has 0 saturated heterocycles. The van der Waals surface area contributed by atoms with Crippen LogP contribution in [0.3, 0.4) is 0 Å². The van der Waals surface area contributed by atoms with Gasteiger partial charge >= 0.3 is 0 Å². The highest BCUT2D eigenvalue weighted by Gasteiger charge is 2.06. The molecule has 0 aliphatic heterocycles. The van der Waals surface area contributed by atoms with Crippen molar-refractivity contribution in [2.75, 3.05) is 6.61 Å². The van der Waals surface area contributed by atoms with E-state index in [0.29, 0.717) is 0 Å². The van der Waals surface area contributed by atoms with Gasteiger partial charge in [0, 0.05) is 0 Å². The number of benzene rings is 1. The Morgan fingerprint density at radius 1 is 1.40 bits per heavy atom. The van der Waals surface area contributed by atoms with Crippen LogP contribution in [0.4, 0.5) is 0 Å². The molecular formula is C12H16N2O. The molecule has 80 valence electrons. The van der Waals surface area contributed by atoms with Crippen molar-refractivity contribution >= 4 is 0 Å². The van der Waals surface area contributed by atoms with Crippen molar-refractivity contribution in [3.8, 4) is 11.8 Å². The number of nitrogens with zero attached hydrogens (tertiary/aromatic N) is 1. The molecule has 3 nitrogen and oxygen atoms in total. The molecule has 0 amide bonds. The standard InChI is InChI=1S/C12H16N2O/c1-8-4-9(2)10(3)12(5-8)15-7-11(14)6-13/h4-5,11H,7,14H2,1-3H3. The number of aryl methyl sites for hydroxylation is 2. The highest BCUT2D eigenvalue weighted by Crippen LogP contribution is 2.23. The maximum Gasteiger partial charge on any atom is 0.127 e. The van der Waals surface area contributed by atoms with Gasteiger partial charge in [0.2, 0.25) is 0 Å². The van der Waals surface area contributed by atoms with E-state index in [0.717, 1.165) is 16.9 Å². The summed E-state index contributed by atoms with van der Waals surface area (Å²) in [5.41, 5.74) is 8.91. The van der Waals surface area contributed by atoms with Gasteiger partial charge in [-0.15, -0.1) is 0 Å². The molecule has 2 N–H and O–H groups in total. The van der Waals surface area contributed by atoms with Crippen LogP contribution in [-0.4, -0.2) is 12.6 Å². The minimum atomic E-state index is -0.565. The number of ether oxygens (including phenoxy) is 1. The summed E-state index contributed by atoms with van der Waals surface area (Å²) in [6.45, 7) is 6.30. The van der Waals surface area contributed by atoms with Gasteiger partial charge in [-0.2, -0.15) is 5.26 Å². The van der Waals surface area contributed by atoms with Crippen LogP contribution in [0, 0.1) is 32.1 Å². The van der Waals surface area contributed by atoms with Crippen LogP contribution in [0.25, 0.3) is 0 Å². The number of nitrogens with two attached hydrogens (primary N) is 1. The summed E-state index contributed by atoms with van der Waals surface area (Å²) in [5.74, 6) is 0.818. The normalized spacial score (nSPS) is 11.9. The Kier molecular flexibility index (Phi) is 3.70. The van der Waals surface area contributed by atoms with Gasteiger partial charge < -0.3 is 10.5 Å². The molecule has 0 fully saturated rings. The summed E-state index contributed by atoms with van der Waals surface area (Å²) in [6.07, 6.45) is 0. The van der Waals surface area contributed by atoms with Crippen molar-refractivity contribution in [1.29, 1.82) is 5.26 Å². The zero-order valence-electron chi connectivity index (χ0n) is 9.37. The quantitative estimate of drug-likeness (QED) is 0.817. The first-order valence-electron chi connectivity index (χ1n) is 4.90. The SMILES string of the molecule is Cc1cc(C)c(C)c(OCC(N)C#N)c1. The second-order valence-electron chi connectivity index (χ2n) is 3.75. The molecular weight excluding hydrogens is 188 g/mol. The summed E-state index contributed by atoms with van der Waals surface area (Å²) < 4.78 is 5.50. The summed E-state index contributed by atoms with van der Waals surface area (Å²) in [7, 11) is 0. The van der Waals surface area contributed by atoms with Gasteiger partial charge in [-0.1, -0.05) is 6.07 Å². The third-order valence-electron chi connectivity index (χ3n) is 2.35. The fourth-order valence-electron chi connectivity index (χ4n) is 1.37. The Morgan fingerprint density at radius 3 is 2.67 bits per heavy atom. The molecule has 1 aromatic carbocycles. The van der Waals surface area contributed by atoms with Crippen LogP contribution in [-0.2, 0) is 0 Å². The van der Waals surface area contributed by atoms with E-state index in [1.54, 1.807) is 0 Å². The van der Waals surface area contributed by atoms with E-state index in [-0.39, 0.29) is 6.61 Å². The minimum Gasteiger partial charge on any atom is -0.491 e. The fourth-order valence-corrected chi connectivity index (χ4v) is 1.37. The van der Waals surface area contributed by atoms with Gasteiger partial charge in [0.1, 0.15) is 18.4 Å². The zero-order chi connectivity index (χ0) is 11.4. The zero-order valence-corrected chi connectivity index (χ0v) is 9.37. The number of hydrogen-bond acceptors (Lipinski definition) is 3. The maximum atomic E-state index is 8.54. The van der Waals surface area contributed by atoms with Crippen molar-refractivity contribution < 1.29 is 4.74 Å². The predicted octanol–water partition coefficient (Wildman–Crippen LogP) is 1.84. The molecule has 1 unspecified atom stereocenters. The molecule has 0 aliphatic rings. The second kappa shape index (κ2) is 4.81. The Bertz CT molecular complexity index is 393. The van der Waals surface area contributed by atoms with Crippen molar-refractivity contribution in [1.82, 2.24) is 0 Å². The minimum absolute atomic E-state index is 0.236. The summed E-state index contributed by atoms with van der Waals surface area (Å²) in [5, 5.41) is 8.54. The van der Waals surface area contributed by atoms with E-state index in [1.807, 2.05) is 32.9 Å². The van der Waals surface area contributed by atoms with E-state index in [9.17, 15) is 0 Å². The first-order chi connectivity index (χ1) is 7.04. The second-order valence-corrected chi connectivity index (χ2v) is 3.75. The predicted molar refractivity (Wildman–Crippen MR) is 59.7 cm³/mol. The highest BCUT2D eigenvalue weighted by molar-refractivity contribution is 5.41. The van der Waals surface area contributed by atoms with E-state index in [4.69, 9.17) is 15.7 Å². The Balaban J connectivity index is 2.82. The summed E-state index contributed by atoms with van der Waals surface area (Å²) in [4.78, 5) is 0. The molecule has 1 atom stereocenters. The Morgan fingerprint density at radius 2 is 2.07 bits per heavy atom. The lowest BCUT2D eigenvalue weighted by Crippen LogP contribution is -2.25. The van der Waals surface area contributed by atoms with Crippen LogP contribution >= 0.6 is 0 Å². The molecule has 15 heavy (non-hydrogen) atoms. The monoisotopic (exact) mass is 204 g/mol. The summed E-state index contributed by atoms with van der Waals surface area (Å²) >= 11 is 0. The Labute approximate surface area is 90.5 Å². The van der Waals surface area contributed by atoms with E-state index < -0.39 is 6.04 Å². The number of hydrogen-bond donors (Lipinski definition) is 1. The molecule has 0 spiro atoms. The maximum absolute atomic E-state index is 8.54. The first kappa shape index (κ1) is 11.5. The van der Waals surface area contributed by atoms with Gasteiger partial charge in [0.25, 0.3) is 0 Å². The first-order valence-corrected chi connectivity index (χ1v) is 4.90. The van der Waals surface area contributed by atoms with Crippen LogP contribution in [0.1, 0.15) is 16.7 Å². The van der Waals surface area contributed by atoms with Crippen LogP contribution in [0.2, 0.25) is 0 Å². The molecule has 0 heterocycles. The van der Waals surface area contributed by atoms with Gasteiger partial charge in [0.15, 0.2) is 0 Å². The van der Waals surface area contributed by atoms with E-state index in [1.165, 1.54) is 5.56 Å². The molecule has 1 aromatic rings. The third kappa shape index (κ3) is 2.97. The van der Waals surface area contributed by atoms with E-state index >= 15 is 0 Å². The molecule has 0 aromatic heterocycles. The molecule has 0 aliphatic carbocycles. The van der Waals surface area contributed by atoms with Crippen LogP contribution in [0.5, 0.6) is 5.75 Å². The van der Waals surface area contributed by atoms with Crippen molar-refractivity contribution in [3.05, 3.63) is 28.8 Å². The van der Waals surface area contributed by atoms with Crippen molar-refractivity contribution in [2.24, 2.45) is 5.73 Å². The average molecular weight is 204 g/mol. The average Bonchev–Trinajstić information content (AvgIpc) is 2.20. The molecule has 0 saturated carbocycles. The van der Waals surface area contributed by atoms with Gasteiger partial charge in [-0.3, -0.25) is 0 Å². The fraction of sp³-hybridized carbons (Fsp3) is 0.417. The lowest BCUT2D eigenvalue weighted by atomic mass is 10.1. The van der Waals surface area contributed by atoms with Gasteiger partial charge in [-0.05, 0) is 43.5 Å². The lowest BCUT2D eigenvalue weighted by molar-refractivity contribution is 0.306. The number of rotatable bonds is 3. The molecule has 0 bridgehead atoms. The summed E-state index contributed by atoms with van der Waals surface area (Å²) in [6, 6.07) is 5.44. The topological polar surface area (TPSA) is 59.0 Å². The van der Waals surface area contributed by atoms with E-state index in [2.05, 4.69) is 6.07 Å². The third-order valence-corrected chi connectivity index (χ3v) is 2.35. The van der Waals surface area contributed by atoms with Gasteiger partial charge in [-0.25, -0.2) is 0 Å². The molecule has 3 heteroatoms. The van der Waals surface area contributed by atoms with Crippen molar-refractivity contribution in [2.45, 2.75) is 26.8 Å². The molecule has 1 rings (SSSR count). The Hall–Kier alpha value is -1.53. The highest BCUT2D eigenvalue weighted by atomic mass is 16.5. The van der Waals surface area contributed by atoms with Crippen LogP contribution in [0.15, 0.2) is 12.1 Å². The van der Waals surface area contributed by atoms with Gasteiger partial charge in [0.05, 0.1) is 6.07 Å². The largest absolute Gasteiger partial charge is 0.491 e. The lowest BCUT2D eigenvalue weighted by Gasteiger charge is -2.12. The van der Waals surface area contributed by atoms with Crippen molar-refractivity contribution in [3.63, 3.8) is 0 Å². The molecule has 0 radical (unpaired) electrons. The number of nitriles is 1.